The third-order valence-electron chi connectivity index (χ3n) is 2.81. The first-order valence-electron chi connectivity index (χ1n) is 5.92. The molecule has 2 nitrogen and oxygen atoms in total. The summed E-state index contributed by atoms with van der Waals surface area (Å²) in [4.78, 5) is 4.19. The molecule has 0 aliphatic rings. The van der Waals surface area contributed by atoms with Crippen LogP contribution in [-0.4, -0.2) is 4.98 Å². The molecule has 0 unspecified atom stereocenters. The van der Waals surface area contributed by atoms with Crippen molar-refractivity contribution in [3.05, 3.63) is 53.8 Å². The minimum absolute atomic E-state index is 0.381. The molecule has 0 atom stereocenters. The summed E-state index contributed by atoms with van der Waals surface area (Å²) in [5.74, 6) is -0.381. The van der Waals surface area contributed by atoms with Crippen LogP contribution in [-0.2, 0) is 6.18 Å². The van der Waals surface area contributed by atoms with Crippen molar-refractivity contribution in [3.8, 4) is 0 Å². The van der Waals surface area contributed by atoms with Crippen LogP contribution in [0.4, 0.5) is 28.4 Å². The van der Waals surface area contributed by atoms with E-state index in [4.69, 9.17) is 0 Å². The minimum Gasteiger partial charge on any atom is -0.332 e. The van der Waals surface area contributed by atoms with Crippen LogP contribution in [0.2, 0.25) is 0 Å². The van der Waals surface area contributed by atoms with Crippen LogP contribution >= 0.6 is 11.3 Å². The van der Waals surface area contributed by atoms with Gasteiger partial charge in [0.2, 0.25) is 0 Å². The summed E-state index contributed by atoms with van der Waals surface area (Å²) in [6.45, 7) is 0. The average Bonchev–Trinajstić information content (AvgIpc) is 2.79. The SMILES string of the molecule is Fc1ccc2sc(Nc3ccc(C(F)(F)F)cc3)nc2c1. The van der Waals surface area contributed by atoms with Gasteiger partial charge >= 0.3 is 6.18 Å². The van der Waals surface area contributed by atoms with Crippen LogP contribution in [0.25, 0.3) is 10.2 Å². The standard InChI is InChI=1S/C14H8F4N2S/c15-9-3-6-12-11(7-9)20-13(21-12)19-10-4-1-8(2-5-10)14(16,17)18/h1-7H,(H,19,20). The predicted molar refractivity (Wildman–Crippen MR) is 74.3 cm³/mol. The Morgan fingerprint density at radius 2 is 1.71 bits per heavy atom. The smallest absolute Gasteiger partial charge is 0.332 e. The van der Waals surface area contributed by atoms with Crippen LogP contribution in [0.1, 0.15) is 5.56 Å². The van der Waals surface area contributed by atoms with Gasteiger partial charge in [0.25, 0.3) is 0 Å². The Morgan fingerprint density at radius 3 is 2.38 bits per heavy atom. The van der Waals surface area contributed by atoms with E-state index in [0.29, 0.717) is 16.3 Å². The van der Waals surface area contributed by atoms with Gasteiger partial charge in [-0.25, -0.2) is 9.37 Å². The molecule has 0 bridgehead atoms. The Labute approximate surface area is 121 Å². The summed E-state index contributed by atoms with van der Waals surface area (Å²) >= 11 is 1.30. The second-order valence-electron chi connectivity index (χ2n) is 4.33. The molecule has 0 radical (unpaired) electrons. The van der Waals surface area contributed by atoms with Crippen LogP contribution in [0.3, 0.4) is 0 Å². The van der Waals surface area contributed by atoms with Gasteiger partial charge in [0.05, 0.1) is 15.8 Å². The second kappa shape index (κ2) is 5.00. The molecule has 3 rings (SSSR count). The fourth-order valence-electron chi connectivity index (χ4n) is 1.82. The molecule has 0 aliphatic heterocycles. The van der Waals surface area contributed by atoms with Crippen molar-refractivity contribution in [3.63, 3.8) is 0 Å². The van der Waals surface area contributed by atoms with Gasteiger partial charge in [-0.2, -0.15) is 13.2 Å². The maximum atomic E-state index is 13.1. The molecular formula is C14H8F4N2S. The second-order valence-corrected chi connectivity index (χ2v) is 5.36. The van der Waals surface area contributed by atoms with Crippen LogP contribution in [0.5, 0.6) is 0 Å². The lowest BCUT2D eigenvalue weighted by molar-refractivity contribution is -0.137. The van der Waals surface area contributed by atoms with Crippen LogP contribution in [0, 0.1) is 5.82 Å². The first kappa shape index (κ1) is 13.8. The van der Waals surface area contributed by atoms with Gasteiger partial charge in [0.15, 0.2) is 5.13 Å². The maximum Gasteiger partial charge on any atom is 0.416 e. The quantitative estimate of drug-likeness (QED) is 0.658. The highest BCUT2D eigenvalue weighted by atomic mass is 32.1. The van der Waals surface area contributed by atoms with Crippen molar-refractivity contribution >= 4 is 32.4 Å². The fourth-order valence-corrected chi connectivity index (χ4v) is 2.69. The average molecular weight is 312 g/mol. The monoisotopic (exact) mass is 312 g/mol. The first-order chi connectivity index (χ1) is 9.91. The summed E-state index contributed by atoms with van der Waals surface area (Å²) in [6.07, 6.45) is -4.36. The lowest BCUT2D eigenvalue weighted by atomic mass is 10.2. The number of aromatic nitrogens is 1. The molecule has 0 spiro atoms. The largest absolute Gasteiger partial charge is 0.416 e. The Bertz CT molecular complexity index is 778. The van der Waals surface area contributed by atoms with E-state index in [1.54, 1.807) is 6.07 Å². The molecule has 2 aromatic carbocycles. The van der Waals surface area contributed by atoms with Gasteiger partial charge in [-0.1, -0.05) is 11.3 Å². The van der Waals surface area contributed by atoms with Gasteiger partial charge in [-0.15, -0.1) is 0 Å². The zero-order valence-corrected chi connectivity index (χ0v) is 11.2. The van der Waals surface area contributed by atoms with E-state index in [0.717, 1.165) is 16.8 Å². The number of nitrogens with one attached hydrogen (secondary N) is 1. The third-order valence-corrected chi connectivity index (χ3v) is 3.76. The van der Waals surface area contributed by atoms with E-state index in [1.807, 2.05) is 0 Å². The van der Waals surface area contributed by atoms with Crippen molar-refractivity contribution in [2.45, 2.75) is 6.18 Å². The molecule has 7 heteroatoms. The molecule has 0 amide bonds. The summed E-state index contributed by atoms with van der Waals surface area (Å²) in [7, 11) is 0. The van der Waals surface area contributed by atoms with Gasteiger partial charge < -0.3 is 5.32 Å². The highest BCUT2D eigenvalue weighted by Gasteiger charge is 2.29. The van der Waals surface area contributed by atoms with Gasteiger partial charge in [-0.3, -0.25) is 0 Å². The van der Waals surface area contributed by atoms with Crippen molar-refractivity contribution in [2.75, 3.05) is 5.32 Å². The Balaban J connectivity index is 1.84. The highest BCUT2D eigenvalue weighted by Crippen LogP contribution is 2.32. The highest BCUT2D eigenvalue weighted by molar-refractivity contribution is 7.22. The molecule has 108 valence electrons. The zero-order valence-electron chi connectivity index (χ0n) is 10.4. The minimum atomic E-state index is -4.36. The van der Waals surface area contributed by atoms with Crippen LogP contribution in [0.15, 0.2) is 42.5 Å². The summed E-state index contributed by atoms with van der Waals surface area (Å²) in [5, 5.41) is 3.40. The van der Waals surface area contributed by atoms with E-state index >= 15 is 0 Å². The number of fused-ring (bicyclic) bond motifs is 1. The van der Waals surface area contributed by atoms with E-state index in [-0.39, 0.29) is 5.82 Å². The number of benzene rings is 2. The molecule has 3 aromatic rings. The summed E-state index contributed by atoms with van der Waals surface area (Å²) < 4.78 is 51.2. The number of anilines is 2. The zero-order chi connectivity index (χ0) is 15.0. The van der Waals surface area contributed by atoms with Crippen molar-refractivity contribution in [2.24, 2.45) is 0 Å². The lowest BCUT2D eigenvalue weighted by Gasteiger charge is -2.07. The molecule has 0 saturated heterocycles. The molecule has 21 heavy (non-hydrogen) atoms. The molecular weight excluding hydrogens is 304 g/mol. The summed E-state index contributed by atoms with van der Waals surface area (Å²) in [5.41, 5.74) is 0.288. The normalized spacial score (nSPS) is 11.8. The molecule has 1 N–H and O–H groups in total. The van der Waals surface area contributed by atoms with Crippen molar-refractivity contribution < 1.29 is 17.6 Å². The van der Waals surface area contributed by atoms with Gasteiger partial charge in [0.1, 0.15) is 5.82 Å². The van der Waals surface area contributed by atoms with E-state index in [1.165, 1.54) is 35.6 Å². The molecule has 1 aromatic heterocycles. The summed E-state index contributed by atoms with van der Waals surface area (Å²) in [6, 6.07) is 8.90. The molecule has 0 aliphatic carbocycles. The van der Waals surface area contributed by atoms with Crippen molar-refractivity contribution in [1.82, 2.24) is 4.98 Å². The lowest BCUT2D eigenvalue weighted by Crippen LogP contribution is -2.04. The number of thiazole rings is 1. The first-order valence-corrected chi connectivity index (χ1v) is 6.74. The number of hydrogen-bond acceptors (Lipinski definition) is 3. The number of halogens is 4. The number of nitrogens with zero attached hydrogens (tertiary/aromatic N) is 1. The fraction of sp³-hybridized carbons (Fsp3) is 0.0714. The Hall–Kier alpha value is -2.15. The van der Waals surface area contributed by atoms with E-state index in [9.17, 15) is 17.6 Å². The molecule has 0 saturated carbocycles. The van der Waals surface area contributed by atoms with Gasteiger partial charge in [0, 0.05) is 11.8 Å². The van der Waals surface area contributed by atoms with Crippen LogP contribution < -0.4 is 5.32 Å². The Morgan fingerprint density at radius 1 is 1.00 bits per heavy atom. The predicted octanol–water partition coefficient (Wildman–Crippen LogP) is 5.20. The Kier molecular flexibility index (Phi) is 3.29. The van der Waals surface area contributed by atoms with E-state index in [2.05, 4.69) is 10.3 Å². The molecule has 0 fully saturated rings. The topological polar surface area (TPSA) is 24.9 Å². The molecule has 1 heterocycles. The van der Waals surface area contributed by atoms with Gasteiger partial charge in [-0.05, 0) is 36.4 Å². The van der Waals surface area contributed by atoms with Crippen molar-refractivity contribution in [1.29, 1.82) is 0 Å². The third kappa shape index (κ3) is 2.97. The van der Waals surface area contributed by atoms with E-state index < -0.39 is 11.7 Å². The number of hydrogen-bond donors (Lipinski definition) is 1. The number of rotatable bonds is 2. The maximum absolute atomic E-state index is 13.1. The number of alkyl halides is 3.